The first-order chi connectivity index (χ1) is 14.1. The lowest BCUT2D eigenvalue weighted by molar-refractivity contribution is -0.140. The van der Waals surface area contributed by atoms with E-state index in [4.69, 9.17) is 29.2 Å². The molecule has 0 saturated carbocycles. The van der Waals surface area contributed by atoms with Crippen LogP contribution in [-0.4, -0.2) is 48.6 Å². The van der Waals surface area contributed by atoms with Gasteiger partial charge in [-0.2, -0.15) is 0 Å². The summed E-state index contributed by atoms with van der Waals surface area (Å²) in [6.07, 6.45) is -0.00836. The summed E-state index contributed by atoms with van der Waals surface area (Å²) in [6, 6.07) is 10.1. The topological polar surface area (TPSA) is 112 Å². The summed E-state index contributed by atoms with van der Waals surface area (Å²) in [5.74, 6) is 0.620. The number of hydrogen-bond acceptors (Lipinski definition) is 8. The molecule has 2 N–H and O–H groups in total. The number of hydrogen-bond donors (Lipinski definition) is 2. The van der Waals surface area contributed by atoms with Crippen molar-refractivity contribution in [2.24, 2.45) is 0 Å². The van der Waals surface area contributed by atoms with Gasteiger partial charge in [0.05, 0.1) is 26.1 Å². The lowest BCUT2D eigenvalue weighted by Gasteiger charge is -2.40. The van der Waals surface area contributed by atoms with Crippen LogP contribution < -0.4 is 18.9 Å². The van der Waals surface area contributed by atoms with Crippen LogP contribution in [0.2, 0.25) is 0 Å². The third kappa shape index (κ3) is 3.52. The first-order valence-electron chi connectivity index (χ1n) is 9.23. The molecule has 2 aliphatic heterocycles. The number of ether oxygens (including phenoxy) is 4. The maximum absolute atomic E-state index is 12.4. The molecule has 0 saturated heterocycles. The summed E-state index contributed by atoms with van der Waals surface area (Å²) in [6.45, 7) is -0.0469. The summed E-state index contributed by atoms with van der Waals surface area (Å²) < 4.78 is 21.7. The molecule has 0 amide bonds. The van der Waals surface area contributed by atoms with Crippen LogP contribution in [0.3, 0.4) is 0 Å². The molecule has 4 rings (SSSR count). The Kier molecular flexibility index (Phi) is 5.12. The van der Waals surface area contributed by atoms with Gasteiger partial charge in [-0.3, -0.25) is 9.59 Å². The predicted octanol–water partition coefficient (Wildman–Crippen LogP) is 1.33. The van der Waals surface area contributed by atoms with Crippen LogP contribution in [0.1, 0.15) is 24.0 Å². The molecule has 1 spiro atoms. The van der Waals surface area contributed by atoms with Gasteiger partial charge in [-0.05, 0) is 12.1 Å². The van der Waals surface area contributed by atoms with Gasteiger partial charge in [-0.25, -0.2) is 0 Å². The molecule has 2 aromatic carbocycles. The second-order valence-corrected chi connectivity index (χ2v) is 6.84. The van der Waals surface area contributed by atoms with Gasteiger partial charge in [0, 0.05) is 28.7 Å². The van der Waals surface area contributed by atoms with Crippen molar-refractivity contribution >= 4 is 11.9 Å². The number of carbonyl (C=O) groups excluding carboxylic acids is 2. The molecule has 152 valence electrons. The third-order valence-electron chi connectivity index (χ3n) is 5.00. The van der Waals surface area contributed by atoms with Crippen molar-refractivity contribution in [2.45, 2.75) is 18.3 Å². The highest BCUT2D eigenvalue weighted by molar-refractivity contribution is 5.86. The molecule has 0 radical (unpaired) electrons. The highest BCUT2D eigenvalue weighted by atomic mass is 16.5. The Morgan fingerprint density at radius 3 is 1.66 bits per heavy atom. The molecule has 0 unspecified atom stereocenters. The minimum Gasteiger partial charge on any atom is -0.491 e. The Bertz CT molecular complexity index is 874. The van der Waals surface area contributed by atoms with Crippen LogP contribution in [0.5, 0.6) is 23.0 Å². The zero-order valence-electron chi connectivity index (χ0n) is 15.6. The molecule has 0 aliphatic carbocycles. The molecule has 2 aromatic rings. The average molecular weight is 400 g/mol. The monoisotopic (exact) mass is 400 g/mol. The van der Waals surface area contributed by atoms with E-state index >= 15 is 0 Å². The Morgan fingerprint density at radius 1 is 0.793 bits per heavy atom. The van der Waals surface area contributed by atoms with E-state index in [1.54, 1.807) is 36.4 Å². The largest absolute Gasteiger partial charge is 0.491 e. The van der Waals surface area contributed by atoms with E-state index in [-0.39, 0.29) is 39.3 Å². The van der Waals surface area contributed by atoms with E-state index < -0.39 is 17.4 Å². The lowest BCUT2D eigenvalue weighted by atomic mass is 9.67. The van der Waals surface area contributed by atoms with Crippen LogP contribution in [0, 0.1) is 0 Å². The Balaban J connectivity index is 1.80. The van der Waals surface area contributed by atoms with Crippen molar-refractivity contribution in [1.29, 1.82) is 0 Å². The molecule has 0 aromatic heterocycles. The normalized spacial score (nSPS) is 16.5. The summed E-state index contributed by atoms with van der Waals surface area (Å²) >= 11 is 0. The molecular weight excluding hydrogens is 380 g/mol. The minimum atomic E-state index is -0.916. The zero-order chi connectivity index (χ0) is 20.4. The first-order valence-corrected chi connectivity index (χ1v) is 9.23. The van der Waals surface area contributed by atoms with E-state index in [1.165, 1.54) is 0 Å². The molecule has 0 atom stereocenters. The van der Waals surface area contributed by atoms with E-state index in [1.807, 2.05) is 0 Å². The molecular formula is C21H20O8. The smallest absolute Gasteiger partial charge is 0.312 e. The van der Waals surface area contributed by atoms with E-state index in [0.29, 0.717) is 34.1 Å². The molecule has 8 heteroatoms. The summed E-state index contributed by atoms with van der Waals surface area (Å²) in [5, 5.41) is 17.9. The molecule has 29 heavy (non-hydrogen) atoms. The van der Waals surface area contributed by atoms with E-state index in [9.17, 15) is 9.59 Å². The van der Waals surface area contributed by atoms with E-state index in [0.717, 1.165) is 0 Å². The van der Waals surface area contributed by atoms with Crippen molar-refractivity contribution < 1.29 is 38.7 Å². The van der Waals surface area contributed by atoms with Crippen molar-refractivity contribution in [3.63, 3.8) is 0 Å². The summed E-state index contributed by atoms with van der Waals surface area (Å²) in [7, 11) is 0. The number of carbonyl (C=O) groups is 2. The van der Waals surface area contributed by atoms with Crippen molar-refractivity contribution in [3.8, 4) is 23.0 Å². The molecule has 0 bridgehead atoms. The van der Waals surface area contributed by atoms with Gasteiger partial charge in [-0.1, -0.05) is 12.1 Å². The van der Waals surface area contributed by atoms with Crippen LogP contribution in [0.4, 0.5) is 0 Å². The fourth-order valence-corrected chi connectivity index (χ4v) is 3.87. The SMILES string of the molecule is O=C1CC2(CC(=O)Oc3cc(OCCO)ccc32)c2ccc(OCCO)cc2O1. The lowest BCUT2D eigenvalue weighted by Crippen LogP contribution is -2.42. The Hall–Kier alpha value is -3.10. The number of esters is 2. The van der Waals surface area contributed by atoms with Crippen molar-refractivity contribution in [3.05, 3.63) is 47.5 Å². The number of aliphatic hydroxyl groups excluding tert-OH is 2. The Labute approximate surface area is 166 Å². The molecule has 0 fully saturated rings. The second kappa shape index (κ2) is 7.73. The van der Waals surface area contributed by atoms with Crippen LogP contribution in [0.15, 0.2) is 36.4 Å². The van der Waals surface area contributed by atoms with Gasteiger partial charge in [-0.15, -0.1) is 0 Å². The number of fused-ring (bicyclic) bond motifs is 4. The average Bonchev–Trinajstić information content (AvgIpc) is 2.69. The maximum Gasteiger partial charge on any atom is 0.312 e. The molecule has 2 aliphatic rings. The van der Waals surface area contributed by atoms with Crippen molar-refractivity contribution in [1.82, 2.24) is 0 Å². The van der Waals surface area contributed by atoms with E-state index in [2.05, 4.69) is 0 Å². The summed E-state index contributed by atoms with van der Waals surface area (Å²) in [4.78, 5) is 24.9. The number of rotatable bonds is 6. The summed E-state index contributed by atoms with van der Waals surface area (Å²) in [5.41, 5.74) is 0.464. The Morgan fingerprint density at radius 2 is 1.24 bits per heavy atom. The predicted molar refractivity (Wildman–Crippen MR) is 99.3 cm³/mol. The number of aliphatic hydroxyl groups is 2. The minimum absolute atomic E-state index is 0.00418. The molecule has 2 heterocycles. The quantitative estimate of drug-likeness (QED) is 0.552. The highest BCUT2D eigenvalue weighted by Gasteiger charge is 2.49. The maximum atomic E-state index is 12.4. The van der Waals surface area contributed by atoms with Crippen LogP contribution in [0.25, 0.3) is 0 Å². The van der Waals surface area contributed by atoms with Gasteiger partial charge < -0.3 is 29.2 Å². The van der Waals surface area contributed by atoms with Gasteiger partial charge in [0.1, 0.15) is 36.2 Å². The highest BCUT2D eigenvalue weighted by Crippen LogP contribution is 2.52. The first kappa shape index (κ1) is 19.2. The van der Waals surface area contributed by atoms with Crippen LogP contribution >= 0.6 is 0 Å². The van der Waals surface area contributed by atoms with Crippen molar-refractivity contribution in [2.75, 3.05) is 26.4 Å². The van der Waals surface area contributed by atoms with Gasteiger partial charge in [0.25, 0.3) is 0 Å². The molecule has 8 nitrogen and oxygen atoms in total. The van der Waals surface area contributed by atoms with Gasteiger partial charge in [0.15, 0.2) is 0 Å². The zero-order valence-corrected chi connectivity index (χ0v) is 15.6. The number of benzene rings is 2. The van der Waals surface area contributed by atoms with Gasteiger partial charge >= 0.3 is 11.9 Å². The fraction of sp³-hybridized carbons (Fsp3) is 0.333. The van der Waals surface area contributed by atoms with Crippen LogP contribution in [-0.2, 0) is 15.0 Å². The second-order valence-electron chi connectivity index (χ2n) is 6.84. The fourth-order valence-electron chi connectivity index (χ4n) is 3.87. The van der Waals surface area contributed by atoms with Gasteiger partial charge in [0.2, 0.25) is 0 Å². The standard InChI is InChI=1S/C21H20O8/c22-5-7-26-13-1-3-15-17(9-13)28-19(24)11-21(15)12-20(25)29-18-10-14(27-8-6-23)2-4-16(18)21/h1-4,9-10,22-23H,5-8,11-12H2. The third-order valence-corrected chi connectivity index (χ3v) is 5.00.